The summed E-state index contributed by atoms with van der Waals surface area (Å²) < 4.78 is 11.2. The maximum atomic E-state index is 5.93. The van der Waals surface area contributed by atoms with Crippen LogP contribution in [0.3, 0.4) is 0 Å². The first-order chi connectivity index (χ1) is 10.2. The Morgan fingerprint density at radius 1 is 1.19 bits per heavy atom. The van der Waals surface area contributed by atoms with Gasteiger partial charge in [-0.15, -0.1) is 0 Å². The van der Waals surface area contributed by atoms with Crippen LogP contribution in [0.15, 0.2) is 16.5 Å². The Balaban J connectivity index is 2.56. The van der Waals surface area contributed by atoms with Crippen LogP contribution in [-0.4, -0.2) is 37.7 Å². The normalized spacial score (nSPS) is 11.7. The molecular formula is C17H32N2O2. The number of furan rings is 1. The molecule has 0 aliphatic heterocycles. The summed E-state index contributed by atoms with van der Waals surface area (Å²) >= 11 is 0. The van der Waals surface area contributed by atoms with Gasteiger partial charge in [0.1, 0.15) is 11.5 Å². The van der Waals surface area contributed by atoms with Crippen molar-refractivity contribution < 1.29 is 9.15 Å². The van der Waals surface area contributed by atoms with E-state index in [-0.39, 0.29) is 0 Å². The van der Waals surface area contributed by atoms with Crippen molar-refractivity contribution in [2.24, 2.45) is 0 Å². The van der Waals surface area contributed by atoms with E-state index in [0.717, 1.165) is 63.6 Å². The number of hydrogen-bond donors (Lipinski definition) is 1. The summed E-state index contributed by atoms with van der Waals surface area (Å²) in [6.07, 6.45) is 3.46. The molecule has 0 amide bonds. The third-order valence-electron chi connectivity index (χ3n) is 3.84. The van der Waals surface area contributed by atoms with Gasteiger partial charge in [-0.2, -0.15) is 0 Å². The fourth-order valence-corrected chi connectivity index (χ4v) is 2.60. The van der Waals surface area contributed by atoms with E-state index in [1.807, 2.05) is 0 Å². The summed E-state index contributed by atoms with van der Waals surface area (Å²) in [6.45, 7) is 11.1. The zero-order valence-electron chi connectivity index (χ0n) is 14.2. The van der Waals surface area contributed by atoms with Crippen molar-refractivity contribution >= 4 is 0 Å². The number of nitrogens with zero attached hydrogens (tertiary/aromatic N) is 1. The third kappa shape index (κ3) is 6.64. The second kappa shape index (κ2) is 10.8. The van der Waals surface area contributed by atoms with Gasteiger partial charge in [0, 0.05) is 19.7 Å². The van der Waals surface area contributed by atoms with E-state index in [1.165, 1.54) is 0 Å². The molecule has 0 fully saturated rings. The van der Waals surface area contributed by atoms with Gasteiger partial charge >= 0.3 is 0 Å². The van der Waals surface area contributed by atoms with Crippen molar-refractivity contribution in [1.29, 1.82) is 0 Å². The number of rotatable bonds is 12. The predicted molar refractivity (Wildman–Crippen MR) is 87.4 cm³/mol. The zero-order chi connectivity index (χ0) is 15.5. The molecule has 0 saturated carbocycles. The van der Waals surface area contributed by atoms with Crippen molar-refractivity contribution in [2.75, 3.05) is 26.8 Å². The fourth-order valence-electron chi connectivity index (χ4n) is 2.60. The maximum Gasteiger partial charge on any atom is 0.118 e. The average Bonchev–Trinajstić information content (AvgIpc) is 2.93. The van der Waals surface area contributed by atoms with E-state index in [1.54, 1.807) is 7.11 Å². The molecule has 21 heavy (non-hydrogen) atoms. The van der Waals surface area contributed by atoms with Crippen molar-refractivity contribution in [2.45, 2.75) is 59.2 Å². The van der Waals surface area contributed by atoms with Crippen molar-refractivity contribution in [1.82, 2.24) is 10.2 Å². The molecule has 4 nitrogen and oxygen atoms in total. The summed E-state index contributed by atoms with van der Waals surface area (Å²) in [5, 5.41) is 3.37. The molecule has 4 heteroatoms. The molecule has 1 aromatic rings. The van der Waals surface area contributed by atoms with Crippen molar-refractivity contribution in [3.05, 3.63) is 23.7 Å². The molecule has 1 aromatic heterocycles. The van der Waals surface area contributed by atoms with Gasteiger partial charge in [-0.05, 0) is 37.9 Å². The van der Waals surface area contributed by atoms with Crippen LogP contribution in [0.1, 0.15) is 51.6 Å². The van der Waals surface area contributed by atoms with Gasteiger partial charge in [0.25, 0.3) is 0 Å². The highest BCUT2D eigenvalue weighted by atomic mass is 16.5. The van der Waals surface area contributed by atoms with Crippen LogP contribution in [0.2, 0.25) is 0 Å². The zero-order valence-corrected chi connectivity index (χ0v) is 14.2. The quantitative estimate of drug-likeness (QED) is 0.600. The minimum Gasteiger partial charge on any atom is -0.463 e. The second-order valence-electron chi connectivity index (χ2n) is 5.48. The van der Waals surface area contributed by atoms with Crippen LogP contribution in [-0.2, 0) is 17.8 Å². The number of nitrogens with one attached hydrogen (secondary N) is 1. The topological polar surface area (TPSA) is 37.6 Å². The van der Waals surface area contributed by atoms with E-state index in [4.69, 9.17) is 9.15 Å². The highest BCUT2D eigenvalue weighted by Crippen LogP contribution is 2.15. The first kappa shape index (κ1) is 18.2. The third-order valence-corrected chi connectivity index (χ3v) is 3.84. The van der Waals surface area contributed by atoms with Crippen LogP contribution in [0.5, 0.6) is 0 Å². The van der Waals surface area contributed by atoms with E-state index in [0.29, 0.717) is 6.04 Å². The second-order valence-corrected chi connectivity index (χ2v) is 5.48. The van der Waals surface area contributed by atoms with E-state index >= 15 is 0 Å². The van der Waals surface area contributed by atoms with Crippen molar-refractivity contribution in [3.63, 3.8) is 0 Å². The smallest absolute Gasteiger partial charge is 0.118 e. The van der Waals surface area contributed by atoms with Gasteiger partial charge < -0.3 is 14.5 Å². The highest BCUT2D eigenvalue weighted by molar-refractivity contribution is 5.07. The number of methoxy groups -OCH3 is 1. The Kier molecular flexibility index (Phi) is 9.39. The van der Waals surface area contributed by atoms with Crippen LogP contribution in [0, 0.1) is 0 Å². The standard InChI is InChI=1S/C17H32N2O2/c1-5-10-18-13-16-8-9-17(21-16)14-19(11-12-20-4)15(6-2)7-3/h8-9,15,18H,5-7,10-14H2,1-4H3. The summed E-state index contributed by atoms with van der Waals surface area (Å²) in [4.78, 5) is 2.46. The molecule has 0 atom stereocenters. The molecule has 0 spiro atoms. The van der Waals surface area contributed by atoms with E-state index in [9.17, 15) is 0 Å². The molecule has 0 aliphatic carbocycles. The Labute approximate surface area is 129 Å². The van der Waals surface area contributed by atoms with E-state index < -0.39 is 0 Å². The lowest BCUT2D eigenvalue weighted by Crippen LogP contribution is -2.36. The first-order valence-electron chi connectivity index (χ1n) is 8.26. The largest absolute Gasteiger partial charge is 0.463 e. The molecule has 122 valence electrons. The maximum absolute atomic E-state index is 5.93. The fraction of sp³-hybridized carbons (Fsp3) is 0.765. The van der Waals surface area contributed by atoms with Gasteiger partial charge in [-0.25, -0.2) is 0 Å². The molecule has 0 radical (unpaired) electrons. The highest BCUT2D eigenvalue weighted by Gasteiger charge is 2.16. The minimum atomic E-state index is 0.590. The molecule has 1 N–H and O–H groups in total. The lowest BCUT2D eigenvalue weighted by Gasteiger charge is -2.29. The molecule has 0 bridgehead atoms. The van der Waals surface area contributed by atoms with Crippen LogP contribution >= 0.6 is 0 Å². The lowest BCUT2D eigenvalue weighted by atomic mass is 10.1. The monoisotopic (exact) mass is 296 g/mol. The van der Waals surface area contributed by atoms with Crippen molar-refractivity contribution in [3.8, 4) is 0 Å². The summed E-state index contributed by atoms with van der Waals surface area (Å²) in [5.41, 5.74) is 0. The number of hydrogen-bond acceptors (Lipinski definition) is 4. The van der Waals surface area contributed by atoms with Crippen LogP contribution in [0.25, 0.3) is 0 Å². The summed E-state index contributed by atoms with van der Waals surface area (Å²) in [5.74, 6) is 2.07. The van der Waals surface area contributed by atoms with Crippen LogP contribution in [0.4, 0.5) is 0 Å². The van der Waals surface area contributed by atoms with Gasteiger partial charge in [0.15, 0.2) is 0 Å². The Hall–Kier alpha value is -0.840. The molecule has 1 heterocycles. The molecule has 1 rings (SSSR count). The molecule has 0 aliphatic rings. The number of ether oxygens (including phenoxy) is 1. The minimum absolute atomic E-state index is 0.590. The van der Waals surface area contributed by atoms with Gasteiger partial charge in [-0.1, -0.05) is 20.8 Å². The SMILES string of the molecule is CCCNCc1ccc(CN(CCOC)C(CC)CC)o1. The molecule has 0 saturated heterocycles. The van der Waals surface area contributed by atoms with Crippen LogP contribution < -0.4 is 5.32 Å². The summed E-state index contributed by atoms with van der Waals surface area (Å²) in [6, 6.07) is 4.77. The molecular weight excluding hydrogens is 264 g/mol. The lowest BCUT2D eigenvalue weighted by molar-refractivity contribution is 0.104. The molecule has 0 aromatic carbocycles. The molecule has 0 unspecified atom stereocenters. The summed E-state index contributed by atoms with van der Waals surface area (Å²) in [7, 11) is 1.76. The predicted octanol–water partition coefficient (Wildman–Crippen LogP) is 3.42. The van der Waals surface area contributed by atoms with Gasteiger partial charge in [-0.3, -0.25) is 4.90 Å². The van der Waals surface area contributed by atoms with Gasteiger partial charge in [0.2, 0.25) is 0 Å². The Morgan fingerprint density at radius 2 is 1.90 bits per heavy atom. The van der Waals surface area contributed by atoms with Gasteiger partial charge in [0.05, 0.1) is 19.7 Å². The first-order valence-corrected chi connectivity index (χ1v) is 8.26. The Morgan fingerprint density at radius 3 is 2.52 bits per heavy atom. The Bertz CT molecular complexity index is 361. The average molecular weight is 296 g/mol. The van der Waals surface area contributed by atoms with E-state index in [2.05, 4.69) is 43.1 Å².